The highest BCUT2D eigenvalue weighted by atomic mass is 32.2. The van der Waals surface area contributed by atoms with Crippen LogP contribution in [0.2, 0.25) is 0 Å². The van der Waals surface area contributed by atoms with Crippen LogP contribution in [0.5, 0.6) is 0 Å². The molecule has 0 bridgehead atoms. The van der Waals surface area contributed by atoms with E-state index >= 15 is 0 Å². The Morgan fingerprint density at radius 3 is 2.23 bits per heavy atom. The fourth-order valence-corrected chi connectivity index (χ4v) is 2.54. The van der Waals surface area contributed by atoms with Crippen LogP contribution in [0, 0.1) is 6.92 Å². The highest BCUT2D eigenvalue weighted by molar-refractivity contribution is 7.99. The Morgan fingerprint density at radius 1 is 1.23 bits per heavy atom. The number of likely N-dealkylation sites (N-methyl/N-ethyl adjacent to an activating group) is 1. The van der Waals surface area contributed by atoms with Crippen molar-refractivity contribution in [1.29, 1.82) is 0 Å². The molecule has 0 radical (unpaired) electrons. The Labute approximate surface area is 137 Å². The first-order valence-corrected chi connectivity index (χ1v) is 8.81. The van der Waals surface area contributed by atoms with Gasteiger partial charge in [-0.15, -0.1) is 0 Å². The molecule has 0 N–H and O–H groups in total. The Balaban J connectivity index is 3.14. The second-order valence-electron chi connectivity index (χ2n) is 5.08. The lowest BCUT2D eigenvalue weighted by Crippen LogP contribution is -2.31. The van der Waals surface area contributed by atoms with Crippen LogP contribution in [-0.4, -0.2) is 42.0 Å². The number of aryl methyl sites for hydroxylation is 3. The van der Waals surface area contributed by atoms with Gasteiger partial charge in [0, 0.05) is 24.6 Å². The molecule has 0 spiro atoms. The van der Waals surface area contributed by atoms with E-state index in [-0.39, 0.29) is 0 Å². The molecule has 0 aliphatic rings. The summed E-state index contributed by atoms with van der Waals surface area (Å²) in [6, 6.07) is 3.97. The smallest absolute Gasteiger partial charge is 0.283 e. The number of hydrogen-bond acceptors (Lipinski definition) is 4. The molecule has 0 atom stereocenters. The van der Waals surface area contributed by atoms with Crippen molar-refractivity contribution in [2.45, 2.75) is 33.6 Å². The number of amides is 1. The van der Waals surface area contributed by atoms with Crippen molar-refractivity contribution >= 4 is 29.7 Å². The third-order valence-electron chi connectivity index (χ3n) is 3.42. The third-order valence-corrected chi connectivity index (χ3v) is 3.90. The summed E-state index contributed by atoms with van der Waals surface area (Å²) in [5.74, 6) is -0.361. The lowest BCUT2D eigenvalue weighted by molar-refractivity contribution is -0.125. The normalized spacial score (nSPS) is 11.0. The summed E-state index contributed by atoms with van der Waals surface area (Å²) in [5, 5.41) is 5.13. The Hall–Kier alpha value is -1.62. The fraction of sp³-hybridized carbons (Fsp3) is 0.471. The maximum Gasteiger partial charge on any atom is 0.314 e. The zero-order valence-corrected chi connectivity index (χ0v) is 14.8. The number of thioether (sulfide) groups is 1. The molecule has 1 amide bonds. The molecule has 0 aliphatic heterocycles. The Kier molecular flexibility index (Phi) is 7.32. The molecule has 0 saturated heterocycles. The number of hydrogen-bond donors (Lipinski definition) is 0. The van der Waals surface area contributed by atoms with Crippen LogP contribution in [0.4, 0.5) is 0 Å². The van der Waals surface area contributed by atoms with Crippen molar-refractivity contribution in [3.8, 4) is 0 Å². The monoisotopic (exact) mass is 320 g/mol. The number of nitrogens with zero attached hydrogens (tertiary/aromatic N) is 2. The number of Topliss-reactive ketones (excluding diaryl/α,β-unsaturated/α-hetero) is 1. The molecule has 22 heavy (non-hydrogen) atoms. The van der Waals surface area contributed by atoms with Crippen LogP contribution in [0.25, 0.3) is 0 Å². The highest BCUT2D eigenvalue weighted by Crippen LogP contribution is 2.20. The maximum absolute atomic E-state index is 12.6. The number of carbonyl (C=O) groups is 2. The SMILES string of the molecule is CCc1cc(C)cc(CC)c1C(=O)C(=O)N(C)/N=C/CSC. The number of carbonyl (C=O) groups excluding carboxylic acids is 2. The van der Waals surface area contributed by atoms with Gasteiger partial charge in [-0.25, -0.2) is 5.01 Å². The van der Waals surface area contributed by atoms with E-state index in [1.807, 2.05) is 39.2 Å². The molecule has 0 unspecified atom stereocenters. The molecular formula is C17H24N2O2S. The van der Waals surface area contributed by atoms with Gasteiger partial charge < -0.3 is 0 Å². The van der Waals surface area contributed by atoms with Gasteiger partial charge in [-0.1, -0.05) is 31.5 Å². The number of rotatable bonds is 7. The summed E-state index contributed by atoms with van der Waals surface area (Å²) in [4.78, 5) is 24.9. The third kappa shape index (κ3) is 4.44. The number of ketones is 1. The van der Waals surface area contributed by atoms with E-state index in [9.17, 15) is 9.59 Å². The van der Waals surface area contributed by atoms with Gasteiger partial charge in [0.2, 0.25) is 0 Å². The Bertz CT molecular complexity index is 557. The van der Waals surface area contributed by atoms with E-state index in [1.165, 1.54) is 7.05 Å². The van der Waals surface area contributed by atoms with E-state index in [2.05, 4.69) is 5.10 Å². The summed E-state index contributed by atoms with van der Waals surface area (Å²) in [7, 11) is 1.52. The molecule has 0 aromatic heterocycles. The minimum atomic E-state index is -0.592. The topological polar surface area (TPSA) is 49.7 Å². The summed E-state index contributed by atoms with van der Waals surface area (Å²) < 4.78 is 0. The summed E-state index contributed by atoms with van der Waals surface area (Å²) in [6.45, 7) is 6.00. The number of benzene rings is 1. The average Bonchev–Trinajstić information content (AvgIpc) is 2.52. The second-order valence-corrected chi connectivity index (χ2v) is 5.99. The molecular weight excluding hydrogens is 296 g/mol. The molecule has 1 aromatic carbocycles. The van der Waals surface area contributed by atoms with E-state index in [0.29, 0.717) is 11.3 Å². The minimum absolute atomic E-state index is 0.475. The summed E-state index contributed by atoms with van der Waals surface area (Å²) >= 11 is 1.60. The average molecular weight is 320 g/mol. The molecule has 4 nitrogen and oxygen atoms in total. The molecule has 1 aromatic rings. The van der Waals surface area contributed by atoms with Gasteiger partial charge >= 0.3 is 5.91 Å². The first-order valence-electron chi connectivity index (χ1n) is 7.42. The van der Waals surface area contributed by atoms with Gasteiger partial charge in [-0.05, 0) is 37.1 Å². The van der Waals surface area contributed by atoms with Gasteiger partial charge in [0.05, 0.1) is 0 Å². The molecule has 1 rings (SSSR count). The van der Waals surface area contributed by atoms with Crippen LogP contribution in [0.15, 0.2) is 17.2 Å². The predicted octanol–water partition coefficient (Wildman–Crippen LogP) is 3.11. The van der Waals surface area contributed by atoms with Crippen molar-refractivity contribution in [1.82, 2.24) is 5.01 Å². The molecule has 0 heterocycles. The van der Waals surface area contributed by atoms with Crippen molar-refractivity contribution in [2.24, 2.45) is 5.10 Å². The van der Waals surface area contributed by atoms with Crippen molar-refractivity contribution in [3.05, 3.63) is 34.4 Å². The summed E-state index contributed by atoms with van der Waals surface area (Å²) in [6.07, 6.45) is 5.03. The summed E-state index contributed by atoms with van der Waals surface area (Å²) in [5.41, 5.74) is 3.52. The van der Waals surface area contributed by atoms with Gasteiger partial charge in [-0.2, -0.15) is 16.9 Å². The largest absolute Gasteiger partial charge is 0.314 e. The fourth-order valence-electron chi connectivity index (χ4n) is 2.33. The first kappa shape index (κ1) is 18.4. The van der Waals surface area contributed by atoms with Crippen LogP contribution in [0.1, 0.15) is 40.9 Å². The number of hydrazone groups is 1. The van der Waals surface area contributed by atoms with E-state index in [1.54, 1.807) is 18.0 Å². The van der Waals surface area contributed by atoms with E-state index in [0.717, 1.165) is 34.5 Å². The zero-order valence-electron chi connectivity index (χ0n) is 14.0. The maximum atomic E-state index is 12.6. The van der Waals surface area contributed by atoms with Crippen molar-refractivity contribution in [3.63, 3.8) is 0 Å². The molecule has 0 aliphatic carbocycles. The van der Waals surface area contributed by atoms with Crippen molar-refractivity contribution in [2.75, 3.05) is 19.1 Å². The van der Waals surface area contributed by atoms with Gasteiger partial charge in [-0.3, -0.25) is 9.59 Å². The van der Waals surface area contributed by atoms with E-state index < -0.39 is 11.7 Å². The minimum Gasteiger partial charge on any atom is -0.283 e. The Morgan fingerprint density at radius 2 is 1.77 bits per heavy atom. The molecule has 5 heteroatoms. The van der Waals surface area contributed by atoms with Gasteiger partial charge in [0.1, 0.15) is 0 Å². The van der Waals surface area contributed by atoms with Gasteiger partial charge in [0.15, 0.2) is 0 Å². The second kappa shape index (κ2) is 8.73. The molecule has 0 fully saturated rings. The quantitative estimate of drug-likeness (QED) is 0.336. The standard InChI is InChI=1S/C17H24N2O2S/c1-6-13-10-12(3)11-14(7-2)15(13)16(20)17(21)19(4)18-8-9-22-5/h8,10-11H,6-7,9H2,1-5H3/b18-8+. The van der Waals surface area contributed by atoms with E-state index in [4.69, 9.17) is 0 Å². The van der Waals surface area contributed by atoms with Crippen LogP contribution >= 0.6 is 11.8 Å². The predicted molar refractivity (Wildman–Crippen MR) is 93.9 cm³/mol. The molecule has 120 valence electrons. The highest BCUT2D eigenvalue weighted by Gasteiger charge is 2.25. The lowest BCUT2D eigenvalue weighted by Gasteiger charge is -2.15. The van der Waals surface area contributed by atoms with Crippen LogP contribution in [-0.2, 0) is 17.6 Å². The zero-order chi connectivity index (χ0) is 16.7. The van der Waals surface area contributed by atoms with Crippen LogP contribution in [0.3, 0.4) is 0 Å². The van der Waals surface area contributed by atoms with Crippen LogP contribution < -0.4 is 0 Å². The van der Waals surface area contributed by atoms with Crippen molar-refractivity contribution < 1.29 is 9.59 Å². The van der Waals surface area contributed by atoms with Gasteiger partial charge in [0.25, 0.3) is 5.78 Å². The first-order chi connectivity index (χ1) is 10.5. The molecule has 0 saturated carbocycles. The lowest BCUT2D eigenvalue weighted by atomic mass is 9.92.